The van der Waals surface area contributed by atoms with Crippen LogP contribution in [0.2, 0.25) is 0 Å². The van der Waals surface area contributed by atoms with E-state index in [1.807, 2.05) is 19.3 Å². The number of piperidine rings is 1. The molecule has 106 valence electrons. The average Bonchev–Trinajstić information content (AvgIpc) is 2.47. The first-order chi connectivity index (χ1) is 9.31. The van der Waals surface area contributed by atoms with Crippen molar-refractivity contribution in [2.24, 2.45) is 5.92 Å². The van der Waals surface area contributed by atoms with Crippen molar-refractivity contribution in [3.05, 3.63) is 23.9 Å². The lowest BCUT2D eigenvalue weighted by Crippen LogP contribution is -2.34. The van der Waals surface area contributed by atoms with Crippen molar-refractivity contribution in [1.82, 2.24) is 15.2 Å². The Kier molecular flexibility index (Phi) is 5.61. The largest absolute Gasteiger partial charge is 0.481 e. The van der Waals surface area contributed by atoms with Crippen molar-refractivity contribution in [2.45, 2.75) is 25.8 Å². The highest BCUT2D eigenvalue weighted by Crippen LogP contribution is 2.21. The number of nitrogens with one attached hydrogen (secondary N) is 1. The average molecular weight is 263 g/mol. The van der Waals surface area contributed by atoms with Crippen molar-refractivity contribution in [3.63, 3.8) is 0 Å². The third-order valence-corrected chi connectivity index (χ3v) is 3.92. The molecule has 4 heteroatoms. The Balaban J connectivity index is 1.75. The molecule has 1 saturated heterocycles. The van der Waals surface area contributed by atoms with Crippen LogP contribution in [0.3, 0.4) is 0 Å². The van der Waals surface area contributed by atoms with Crippen molar-refractivity contribution in [2.75, 3.05) is 33.8 Å². The van der Waals surface area contributed by atoms with Gasteiger partial charge in [-0.3, -0.25) is 4.90 Å². The number of pyridine rings is 1. The van der Waals surface area contributed by atoms with Gasteiger partial charge in [0.15, 0.2) is 0 Å². The fourth-order valence-corrected chi connectivity index (χ4v) is 2.67. The molecule has 0 saturated carbocycles. The predicted octanol–water partition coefficient (Wildman–Crippen LogP) is 1.91. The van der Waals surface area contributed by atoms with Crippen LogP contribution in [0.4, 0.5) is 0 Å². The molecule has 2 rings (SSSR count). The van der Waals surface area contributed by atoms with Crippen LogP contribution in [0.1, 0.15) is 24.8 Å². The van der Waals surface area contributed by atoms with E-state index in [4.69, 9.17) is 4.74 Å². The van der Waals surface area contributed by atoms with Gasteiger partial charge in [-0.15, -0.1) is 0 Å². The lowest BCUT2D eigenvalue weighted by Gasteiger charge is -2.31. The molecule has 1 fully saturated rings. The minimum absolute atomic E-state index is 0.689. The van der Waals surface area contributed by atoms with E-state index in [0.29, 0.717) is 5.88 Å². The first kappa shape index (κ1) is 14.3. The first-order valence-corrected chi connectivity index (χ1v) is 7.17. The van der Waals surface area contributed by atoms with Crippen LogP contribution in [0.25, 0.3) is 0 Å². The van der Waals surface area contributed by atoms with E-state index in [9.17, 15) is 0 Å². The summed E-state index contributed by atoms with van der Waals surface area (Å²) in [5.41, 5.74) is 1.27. The van der Waals surface area contributed by atoms with Crippen LogP contribution in [0.5, 0.6) is 5.88 Å². The Morgan fingerprint density at radius 2 is 2.16 bits per heavy atom. The van der Waals surface area contributed by atoms with Gasteiger partial charge in [-0.1, -0.05) is 6.07 Å². The second kappa shape index (κ2) is 7.46. The first-order valence-electron chi connectivity index (χ1n) is 7.17. The third kappa shape index (κ3) is 4.48. The molecular weight excluding hydrogens is 238 g/mol. The van der Waals surface area contributed by atoms with Crippen LogP contribution in [-0.2, 0) is 6.54 Å². The summed E-state index contributed by atoms with van der Waals surface area (Å²) in [6, 6.07) is 4.05. The van der Waals surface area contributed by atoms with Gasteiger partial charge in [0.25, 0.3) is 0 Å². The molecule has 1 aliphatic heterocycles. The monoisotopic (exact) mass is 263 g/mol. The maximum absolute atomic E-state index is 5.08. The number of methoxy groups -OCH3 is 1. The van der Waals surface area contributed by atoms with Gasteiger partial charge < -0.3 is 10.1 Å². The van der Waals surface area contributed by atoms with Crippen molar-refractivity contribution in [1.29, 1.82) is 0 Å². The summed E-state index contributed by atoms with van der Waals surface area (Å²) in [5.74, 6) is 1.59. The van der Waals surface area contributed by atoms with Gasteiger partial charge in [0, 0.05) is 18.8 Å². The number of aromatic nitrogens is 1. The Bertz CT molecular complexity index is 358. The summed E-state index contributed by atoms with van der Waals surface area (Å²) in [5, 5.41) is 3.24. The lowest BCUT2D eigenvalue weighted by molar-refractivity contribution is 0.172. The van der Waals surface area contributed by atoms with E-state index < -0.39 is 0 Å². The maximum atomic E-state index is 5.08. The quantitative estimate of drug-likeness (QED) is 0.851. The molecule has 1 N–H and O–H groups in total. The number of rotatable bonds is 6. The standard InChI is InChI=1S/C15H25N3O/c1-16-8-5-13-6-9-18(10-7-13)12-14-3-4-15(19-2)17-11-14/h3-4,11,13,16H,5-10,12H2,1-2H3. The van der Waals surface area contributed by atoms with Gasteiger partial charge in [-0.2, -0.15) is 0 Å². The van der Waals surface area contributed by atoms with Crippen molar-refractivity contribution in [3.8, 4) is 5.88 Å². The summed E-state index contributed by atoms with van der Waals surface area (Å²) >= 11 is 0. The number of ether oxygens (including phenoxy) is 1. The fraction of sp³-hybridized carbons (Fsp3) is 0.667. The number of hydrogen-bond donors (Lipinski definition) is 1. The fourth-order valence-electron chi connectivity index (χ4n) is 2.67. The molecule has 1 aliphatic rings. The number of hydrogen-bond acceptors (Lipinski definition) is 4. The molecule has 0 atom stereocenters. The SMILES string of the molecule is CNCCC1CCN(Cc2ccc(OC)nc2)CC1. The van der Waals surface area contributed by atoms with Crippen LogP contribution in [0.15, 0.2) is 18.3 Å². The molecule has 0 radical (unpaired) electrons. The highest BCUT2D eigenvalue weighted by Gasteiger charge is 2.18. The van der Waals surface area contributed by atoms with Crippen LogP contribution < -0.4 is 10.1 Å². The van der Waals surface area contributed by atoms with E-state index >= 15 is 0 Å². The molecule has 0 bridgehead atoms. The minimum atomic E-state index is 0.689. The van der Waals surface area contributed by atoms with Gasteiger partial charge >= 0.3 is 0 Å². The van der Waals surface area contributed by atoms with Crippen molar-refractivity contribution < 1.29 is 4.74 Å². The zero-order valence-corrected chi connectivity index (χ0v) is 12.1. The van der Waals surface area contributed by atoms with E-state index in [2.05, 4.69) is 21.3 Å². The number of nitrogens with zero attached hydrogens (tertiary/aromatic N) is 2. The Morgan fingerprint density at radius 3 is 2.74 bits per heavy atom. The zero-order valence-electron chi connectivity index (χ0n) is 12.1. The van der Waals surface area contributed by atoms with Crippen LogP contribution >= 0.6 is 0 Å². The number of likely N-dealkylation sites (tertiary alicyclic amines) is 1. The molecule has 4 nitrogen and oxygen atoms in total. The Morgan fingerprint density at radius 1 is 1.37 bits per heavy atom. The zero-order chi connectivity index (χ0) is 13.5. The van der Waals surface area contributed by atoms with Gasteiger partial charge in [0.05, 0.1) is 7.11 Å². The molecule has 0 unspecified atom stereocenters. The Labute approximate surface area is 116 Å². The van der Waals surface area contributed by atoms with Crippen LogP contribution in [0, 0.1) is 5.92 Å². The highest BCUT2D eigenvalue weighted by atomic mass is 16.5. The molecule has 1 aromatic heterocycles. The Hall–Kier alpha value is -1.13. The van der Waals surface area contributed by atoms with E-state index in [-0.39, 0.29) is 0 Å². The van der Waals surface area contributed by atoms with E-state index in [1.54, 1.807) is 7.11 Å². The minimum Gasteiger partial charge on any atom is -0.481 e. The van der Waals surface area contributed by atoms with Gasteiger partial charge in [0.2, 0.25) is 5.88 Å². The van der Waals surface area contributed by atoms with Gasteiger partial charge in [0.1, 0.15) is 0 Å². The third-order valence-electron chi connectivity index (χ3n) is 3.92. The second-order valence-corrected chi connectivity index (χ2v) is 5.32. The summed E-state index contributed by atoms with van der Waals surface area (Å²) in [6.45, 7) is 4.57. The molecule has 19 heavy (non-hydrogen) atoms. The summed E-state index contributed by atoms with van der Waals surface area (Å²) in [4.78, 5) is 6.79. The molecule has 0 amide bonds. The molecule has 0 spiro atoms. The second-order valence-electron chi connectivity index (χ2n) is 5.32. The van der Waals surface area contributed by atoms with Crippen LogP contribution in [-0.4, -0.2) is 43.7 Å². The topological polar surface area (TPSA) is 37.4 Å². The van der Waals surface area contributed by atoms with E-state index in [0.717, 1.165) is 19.0 Å². The normalized spacial score (nSPS) is 17.6. The molecule has 2 heterocycles. The highest BCUT2D eigenvalue weighted by molar-refractivity contribution is 5.17. The molecule has 0 aromatic carbocycles. The molecule has 0 aliphatic carbocycles. The lowest BCUT2D eigenvalue weighted by atomic mass is 9.93. The summed E-state index contributed by atoms with van der Waals surface area (Å²) < 4.78 is 5.08. The van der Waals surface area contributed by atoms with E-state index in [1.165, 1.54) is 37.9 Å². The van der Waals surface area contributed by atoms with Gasteiger partial charge in [-0.05, 0) is 57.4 Å². The maximum Gasteiger partial charge on any atom is 0.212 e. The van der Waals surface area contributed by atoms with Crippen molar-refractivity contribution >= 4 is 0 Å². The molecular formula is C15H25N3O. The summed E-state index contributed by atoms with van der Waals surface area (Å²) in [6.07, 6.45) is 5.89. The summed E-state index contributed by atoms with van der Waals surface area (Å²) in [7, 11) is 3.68. The molecule has 1 aromatic rings. The predicted molar refractivity (Wildman–Crippen MR) is 77.3 cm³/mol. The van der Waals surface area contributed by atoms with Gasteiger partial charge in [-0.25, -0.2) is 4.98 Å². The smallest absolute Gasteiger partial charge is 0.212 e.